The van der Waals surface area contributed by atoms with Crippen molar-refractivity contribution in [3.05, 3.63) is 0 Å². The minimum atomic E-state index is -1.70. The molecule has 0 atom stereocenters. The summed E-state index contributed by atoms with van der Waals surface area (Å²) in [4.78, 5) is 0. The van der Waals surface area contributed by atoms with Crippen LogP contribution in [0.25, 0.3) is 0 Å². The van der Waals surface area contributed by atoms with Crippen LogP contribution in [0.1, 0.15) is 61.8 Å². The third-order valence-corrected chi connectivity index (χ3v) is 10.2. The van der Waals surface area contributed by atoms with E-state index >= 15 is 0 Å². The molecule has 0 saturated carbocycles. The van der Waals surface area contributed by atoms with Gasteiger partial charge in [0.05, 0.1) is 0 Å². The maximum absolute atomic E-state index is 6.34. The Morgan fingerprint density at radius 2 is 1.27 bits per heavy atom. The molecule has 2 heteroatoms. The molecule has 0 aromatic carbocycles. The predicted octanol–water partition coefficient (Wildman–Crippen LogP) is 4.98. The van der Waals surface area contributed by atoms with Gasteiger partial charge >= 0.3 is 0 Å². The minimum Gasteiger partial charge on any atom is -0.416 e. The van der Waals surface area contributed by atoms with Crippen LogP contribution in [0.15, 0.2) is 0 Å². The van der Waals surface area contributed by atoms with Crippen LogP contribution >= 0.6 is 0 Å². The van der Waals surface area contributed by atoms with Gasteiger partial charge in [0, 0.05) is 6.61 Å². The molecule has 0 aliphatic rings. The number of hydrogen-bond donors (Lipinski definition) is 0. The summed E-state index contributed by atoms with van der Waals surface area (Å²) in [5.41, 5.74) is 0. The maximum Gasteiger partial charge on any atom is 0.203 e. The van der Waals surface area contributed by atoms with E-state index in [1.165, 1.54) is 12.5 Å². The van der Waals surface area contributed by atoms with E-state index < -0.39 is 8.32 Å². The molecule has 0 fully saturated rings. The van der Waals surface area contributed by atoms with Crippen molar-refractivity contribution in [2.75, 3.05) is 6.61 Å². The lowest BCUT2D eigenvalue weighted by Gasteiger charge is -2.50. The summed E-state index contributed by atoms with van der Waals surface area (Å²) in [6, 6.07) is 1.27. The zero-order valence-corrected chi connectivity index (χ0v) is 13.0. The van der Waals surface area contributed by atoms with Crippen LogP contribution in [0.2, 0.25) is 16.1 Å². The Kier molecular flexibility index (Phi) is 5.06. The van der Waals surface area contributed by atoms with Gasteiger partial charge < -0.3 is 4.43 Å². The lowest BCUT2D eigenvalue weighted by Crippen LogP contribution is -2.54. The smallest absolute Gasteiger partial charge is 0.203 e. The van der Waals surface area contributed by atoms with Gasteiger partial charge in [0.25, 0.3) is 0 Å². The van der Waals surface area contributed by atoms with Gasteiger partial charge in [-0.15, -0.1) is 0 Å². The Labute approximate surface area is 97.7 Å². The topological polar surface area (TPSA) is 9.23 Å². The Bertz CT molecular complexity index is 164. The molecule has 0 rings (SSSR count). The van der Waals surface area contributed by atoms with Crippen LogP contribution < -0.4 is 0 Å². The molecule has 0 N–H and O–H groups in total. The summed E-state index contributed by atoms with van der Waals surface area (Å²) in [6.45, 7) is 19.4. The van der Waals surface area contributed by atoms with Gasteiger partial charge in [-0.05, 0) is 23.0 Å². The van der Waals surface area contributed by atoms with Crippen LogP contribution in [-0.2, 0) is 4.43 Å². The second-order valence-electron chi connectivity index (χ2n) is 6.51. The SMILES string of the molecule is CCC[Si](OCC)(C(C)(C)C)C(C)(C)C. The summed E-state index contributed by atoms with van der Waals surface area (Å²) in [5, 5.41) is 0.633. The largest absolute Gasteiger partial charge is 0.416 e. The monoisotopic (exact) mass is 230 g/mol. The van der Waals surface area contributed by atoms with E-state index in [0.29, 0.717) is 10.1 Å². The summed E-state index contributed by atoms with van der Waals surface area (Å²) < 4.78 is 6.34. The van der Waals surface area contributed by atoms with Crippen LogP contribution in [0, 0.1) is 0 Å². The summed E-state index contributed by atoms with van der Waals surface area (Å²) in [5.74, 6) is 0. The van der Waals surface area contributed by atoms with Gasteiger partial charge in [0.1, 0.15) is 0 Å². The van der Waals surface area contributed by atoms with E-state index in [4.69, 9.17) is 4.43 Å². The number of rotatable bonds is 4. The zero-order valence-electron chi connectivity index (χ0n) is 12.0. The average Bonchev–Trinajstić information content (AvgIpc) is 1.99. The van der Waals surface area contributed by atoms with Crippen LogP contribution in [0.3, 0.4) is 0 Å². The fourth-order valence-electron chi connectivity index (χ4n) is 2.98. The van der Waals surface area contributed by atoms with Crippen molar-refractivity contribution in [2.45, 2.75) is 77.9 Å². The summed E-state index contributed by atoms with van der Waals surface area (Å²) in [6.07, 6.45) is 1.24. The van der Waals surface area contributed by atoms with Gasteiger partial charge in [-0.1, -0.05) is 54.9 Å². The maximum atomic E-state index is 6.34. The lowest BCUT2D eigenvalue weighted by molar-refractivity contribution is 0.271. The fourth-order valence-corrected chi connectivity index (χ4v) is 8.94. The molecule has 0 aliphatic carbocycles. The molecule has 0 radical (unpaired) electrons. The van der Waals surface area contributed by atoms with Gasteiger partial charge in [-0.25, -0.2) is 0 Å². The molecule has 0 aromatic rings. The predicted molar refractivity (Wildman–Crippen MR) is 71.9 cm³/mol. The van der Waals surface area contributed by atoms with E-state index in [9.17, 15) is 0 Å². The Morgan fingerprint density at radius 3 is 1.47 bits per heavy atom. The molecular weight excluding hydrogens is 200 g/mol. The third-order valence-electron chi connectivity index (χ3n) is 3.42. The molecule has 0 unspecified atom stereocenters. The van der Waals surface area contributed by atoms with Crippen molar-refractivity contribution in [1.29, 1.82) is 0 Å². The standard InChI is InChI=1S/C13H30OSi/c1-9-11-15(14-10-2,12(3,4)5)13(6,7)8/h9-11H2,1-8H3. The van der Waals surface area contributed by atoms with Crippen molar-refractivity contribution < 1.29 is 4.43 Å². The van der Waals surface area contributed by atoms with E-state index in [1.54, 1.807) is 0 Å². The second kappa shape index (κ2) is 5.01. The molecular formula is C13H30OSi. The molecule has 0 aliphatic heterocycles. The lowest BCUT2D eigenvalue weighted by atomic mass is 10.2. The summed E-state index contributed by atoms with van der Waals surface area (Å²) >= 11 is 0. The molecule has 0 bridgehead atoms. The van der Waals surface area contributed by atoms with Crippen molar-refractivity contribution in [3.63, 3.8) is 0 Å². The first-order chi connectivity index (χ1) is 6.62. The molecule has 0 spiro atoms. The highest BCUT2D eigenvalue weighted by atomic mass is 28.4. The summed E-state index contributed by atoms with van der Waals surface area (Å²) in [7, 11) is -1.70. The first kappa shape index (κ1) is 15.2. The van der Waals surface area contributed by atoms with Gasteiger partial charge in [0.2, 0.25) is 8.32 Å². The molecule has 1 nitrogen and oxygen atoms in total. The highest BCUT2D eigenvalue weighted by molar-refractivity contribution is 6.79. The molecule has 15 heavy (non-hydrogen) atoms. The molecule has 0 amide bonds. The van der Waals surface area contributed by atoms with Crippen LogP contribution in [-0.4, -0.2) is 14.9 Å². The van der Waals surface area contributed by atoms with Gasteiger partial charge in [0.15, 0.2) is 0 Å². The molecule has 0 saturated heterocycles. The molecule has 0 aromatic heterocycles. The van der Waals surface area contributed by atoms with Crippen molar-refractivity contribution in [2.24, 2.45) is 0 Å². The first-order valence-corrected chi connectivity index (χ1v) is 8.38. The average molecular weight is 230 g/mol. The molecule has 92 valence electrons. The van der Waals surface area contributed by atoms with Crippen molar-refractivity contribution >= 4 is 8.32 Å². The number of hydrogen-bond acceptors (Lipinski definition) is 1. The normalized spacial score (nSPS) is 14.4. The van der Waals surface area contributed by atoms with Crippen molar-refractivity contribution in [1.82, 2.24) is 0 Å². The van der Waals surface area contributed by atoms with E-state index in [1.807, 2.05) is 0 Å². The highest BCUT2D eigenvalue weighted by Gasteiger charge is 2.53. The van der Waals surface area contributed by atoms with Crippen LogP contribution in [0.5, 0.6) is 0 Å². The third kappa shape index (κ3) is 3.07. The Morgan fingerprint density at radius 1 is 0.867 bits per heavy atom. The Hall–Kier alpha value is 0.177. The van der Waals surface area contributed by atoms with E-state index in [0.717, 1.165) is 6.61 Å². The quantitative estimate of drug-likeness (QED) is 0.619. The van der Waals surface area contributed by atoms with E-state index in [2.05, 4.69) is 55.4 Å². The van der Waals surface area contributed by atoms with E-state index in [-0.39, 0.29) is 0 Å². The fraction of sp³-hybridized carbons (Fsp3) is 1.00. The minimum absolute atomic E-state index is 0.317. The molecule has 0 heterocycles. The first-order valence-electron chi connectivity index (χ1n) is 6.26. The highest BCUT2D eigenvalue weighted by Crippen LogP contribution is 2.54. The Balaban J connectivity index is 5.28. The van der Waals surface area contributed by atoms with Gasteiger partial charge in [-0.2, -0.15) is 0 Å². The van der Waals surface area contributed by atoms with Crippen LogP contribution in [0.4, 0.5) is 0 Å². The second-order valence-corrected chi connectivity index (χ2v) is 12.0. The van der Waals surface area contributed by atoms with Gasteiger partial charge in [-0.3, -0.25) is 0 Å². The van der Waals surface area contributed by atoms with Crippen molar-refractivity contribution in [3.8, 4) is 0 Å². The zero-order chi connectivity index (χ0) is 12.3.